The monoisotopic (exact) mass is 511 g/mol. The molecule has 27 heavy (non-hydrogen) atoms. The van der Waals surface area contributed by atoms with Gasteiger partial charge in [-0.15, -0.1) is 0 Å². The van der Waals surface area contributed by atoms with E-state index in [0.29, 0.717) is 10.6 Å². The summed E-state index contributed by atoms with van der Waals surface area (Å²) < 4.78 is 8.71. The second kappa shape index (κ2) is 8.53. The molecular weight excluding hydrogens is 492 g/mol. The Morgan fingerprint density at radius 2 is 2.04 bits per heavy atom. The van der Waals surface area contributed by atoms with E-state index < -0.39 is 22.6 Å². The molecule has 0 spiro atoms. The summed E-state index contributed by atoms with van der Waals surface area (Å²) in [5, 5.41) is 11.4. The number of halogens is 1. The van der Waals surface area contributed by atoms with Crippen LogP contribution in [0, 0.1) is 10.1 Å². The van der Waals surface area contributed by atoms with Crippen LogP contribution in [-0.4, -0.2) is 33.8 Å². The van der Waals surface area contributed by atoms with Crippen molar-refractivity contribution in [2.45, 2.75) is 22.7 Å². The zero-order valence-corrected chi connectivity index (χ0v) is 19.3. The number of nitro benzene ring substituents is 1. The number of thiazole rings is 1. The van der Waals surface area contributed by atoms with Crippen LogP contribution >= 0.6 is 20.3 Å². The van der Waals surface area contributed by atoms with E-state index in [1.165, 1.54) is 23.5 Å². The molecule has 0 saturated carbocycles. The Labute approximate surface area is 169 Å². The minimum atomic E-state index is -3.07. The van der Waals surface area contributed by atoms with Crippen molar-refractivity contribution in [2.75, 3.05) is 0 Å². The Morgan fingerprint density at radius 3 is 2.74 bits per heavy atom. The fourth-order valence-electron chi connectivity index (χ4n) is 2.47. The first kappa shape index (κ1) is 20.0. The molecular formula is C18H18ClN3O3SSn. The van der Waals surface area contributed by atoms with E-state index in [2.05, 4.69) is 23.8 Å². The Bertz CT molecular complexity index is 1000. The molecule has 0 aliphatic carbocycles. The quantitative estimate of drug-likeness (QED) is 0.168. The molecule has 6 nitrogen and oxygen atoms in total. The third-order valence-corrected chi connectivity index (χ3v) is 16.9. The van der Waals surface area contributed by atoms with Gasteiger partial charge in [0.25, 0.3) is 0 Å². The van der Waals surface area contributed by atoms with Gasteiger partial charge >= 0.3 is 170 Å². The van der Waals surface area contributed by atoms with Crippen molar-refractivity contribution in [1.82, 2.24) is 4.98 Å². The molecule has 0 unspecified atom stereocenters. The second-order valence-electron chi connectivity index (χ2n) is 5.89. The molecule has 2 aromatic carbocycles. The van der Waals surface area contributed by atoms with Crippen molar-refractivity contribution in [3.05, 3.63) is 58.1 Å². The van der Waals surface area contributed by atoms with Crippen molar-refractivity contribution in [2.24, 2.45) is 4.99 Å². The summed E-state index contributed by atoms with van der Waals surface area (Å²) in [7, 11) is 6.70. The average molecular weight is 511 g/mol. The number of nitrogens with zero attached hydrogens (tertiary/aromatic N) is 3. The van der Waals surface area contributed by atoms with Crippen molar-refractivity contribution in [3.8, 4) is 5.75 Å². The van der Waals surface area contributed by atoms with Gasteiger partial charge in [0, 0.05) is 0 Å². The number of hydrogen-bond acceptors (Lipinski definition) is 6. The summed E-state index contributed by atoms with van der Waals surface area (Å²) in [6.45, 7) is 4.15. The number of benzene rings is 2. The zero-order chi connectivity index (χ0) is 19.4. The minimum absolute atomic E-state index is 0.0468. The topological polar surface area (TPSA) is 77.6 Å². The zero-order valence-electron chi connectivity index (χ0n) is 14.9. The van der Waals surface area contributed by atoms with Crippen LogP contribution in [0.5, 0.6) is 5.75 Å². The van der Waals surface area contributed by atoms with Crippen LogP contribution in [0.25, 0.3) is 10.2 Å². The molecule has 0 amide bonds. The average Bonchev–Trinajstić information content (AvgIpc) is 3.09. The number of aromatic nitrogens is 1. The summed E-state index contributed by atoms with van der Waals surface area (Å²) in [6, 6.07) is 12.3. The molecule has 0 radical (unpaired) electrons. The Balaban J connectivity index is 1.88. The SMILES string of the molecule is C[CH2][Sn]([Cl])([CH2]C)[O]c1ccccc1C=Nc1nc2ccc([N+](=O)[O-])cc2s1. The molecule has 0 fully saturated rings. The molecule has 1 heterocycles. The standard InChI is InChI=1S/C14H9N3O3S.2C2H5.ClH.Sn/c18-12-4-2-1-3-9(12)8-15-14-16-11-6-5-10(17(19)20)7-13(11)21-14;2*1-2;;/h1-8,18H;2*1H2,2H3;1H;/q;;;;+2/p-2. The van der Waals surface area contributed by atoms with Gasteiger partial charge in [-0.25, -0.2) is 0 Å². The van der Waals surface area contributed by atoms with Crippen LogP contribution in [-0.2, 0) is 0 Å². The van der Waals surface area contributed by atoms with E-state index in [-0.39, 0.29) is 5.69 Å². The number of aliphatic imine (C=N–C) groups is 1. The number of fused-ring (bicyclic) bond motifs is 1. The van der Waals surface area contributed by atoms with Gasteiger partial charge in [0.2, 0.25) is 0 Å². The van der Waals surface area contributed by atoms with Crippen molar-refractivity contribution >= 4 is 65.2 Å². The number of hydrogen-bond donors (Lipinski definition) is 0. The third-order valence-electron chi connectivity index (χ3n) is 4.15. The van der Waals surface area contributed by atoms with E-state index in [0.717, 1.165) is 24.9 Å². The molecule has 3 rings (SSSR count). The summed E-state index contributed by atoms with van der Waals surface area (Å²) in [5.41, 5.74) is 1.58. The molecule has 1 aromatic heterocycles. The molecule has 0 saturated heterocycles. The van der Waals surface area contributed by atoms with E-state index in [4.69, 9.17) is 12.0 Å². The maximum atomic E-state index is 10.9. The predicted molar refractivity (Wildman–Crippen MR) is 113 cm³/mol. The second-order valence-corrected chi connectivity index (χ2v) is 21.2. The van der Waals surface area contributed by atoms with Gasteiger partial charge in [-0.1, -0.05) is 0 Å². The van der Waals surface area contributed by atoms with Crippen LogP contribution in [0.3, 0.4) is 0 Å². The number of nitro groups is 1. The number of rotatable bonds is 7. The van der Waals surface area contributed by atoms with Crippen LogP contribution in [0.1, 0.15) is 19.4 Å². The van der Waals surface area contributed by atoms with Gasteiger partial charge in [0.15, 0.2) is 0 Å². The van der Waals surface area contributed by atoms with E-state index in [1.54, 1.807) is 12.3 Å². The molecule has 0 bridgehead atoms. The number of para-hydroxylation sites is 1. The van der Waals surface area contributed by atoms with Gasteiger partial charge in [-0.2, -0.15) is 0 Å². The molecule has 9 heteroatoms. The molecule has 3 aromatic rings. The van der Waals surface area contributed by atoms with Crippen molar-refractivity contribution in [3.63, 3.8) is 0 Å². The van der Waals surface area contributed by atoms with Gasteiger partial charge in [0.1, 0.15) is 0 Å². The van der Waals surface area contributed by atoms with Gasteiger partial charge in [-0.3, -0.25) is 0 Å². The van der Waals surface area contributed by atoms with Gasteiger partial charge in [0.05, 0.1) is 0 Å². The Morgan fingerprint density at radius 1 is 1.30 bits per heavy atom. The summed E-state index contributed by atoms with van der Waals surface area (Å²) in [5.74, 6) is 0.743. The van der Waals surface area contributed by atoms with Crippen LogP contribution < -0.4 is 3.07 Å². The van der Waals surface area contributed by atoms with Crippen LogP contribution in [0.2, 0.25) is 8.87 Å². The molecule has 0 atom stereocenters. The first-order chi connectivity index (χ1) is 12.9. The first-order valence-electron chi connectivity index (χ1n) is 8.50. The van der Waals surface area contributed by atoms with E-state index in [9.17, 15) is 10.1 Å². The molecule has 0 aliphatic heterocycles. The maximum absolute atomic E-state index is 10.9. The number of non-ortho nitro benzene ring substituents is 1. The normalized spacial score (nSPS) is 12.0. The molecule has 140 valence electrons. The van der Waals surface area contributed by atoms with Gasteiger partial charge in [-0.05, 0) is 0 Å². The first-order valence-corrected chi connectivity index (χ1v) is 18.1. The van der Waals surface area contributed by atoms with Crippen LogP contribution in [0.4, 0.5) is 10.8 Å². The van der Waals surface area contributed by atoms with E-state index in [1.807, 2.05) is 24.3 Å². The Hall–Kier alpha value is -1.71. The van der Waals surface area contributed by atoms with Crippen molar-refractivity contribution < 1.29 is 8.00 Å². The van der Waals surface area contributed by atoms with Gasteiger partial charge < -0.3 is 0 Å². The van der Waals surface area contributed by atoms with E-state index >= 15 is 0 Å². The molecule has 0 N–H and O–H groups in total. The van der Waals surface area contributed by atoms with Crippen LogP contribution in [0.15, 0.2) is 47.5 Å². The van der Waals surface area contributed by atoms with Crippen molar-refractivity contribution in [1.29, 1.82) is 0 Å². The summed E-state index contributed by atoms with van der Waals surface area (Å²) in [4.78, 5) is 19.3. The summed E-state index contributed by atoms with van der Waals surface area (Å²) >= 11 is -1.77. The predicted octanol–water partition coefficient (Wildman–Crippen LogP) is 6.05. The Kier molecular flexibility index (Phi) is 6.33. The fraction of sp³-hybridized carbons (Fsp3) is 0.222. The fourth-order valence-corrected chi connectivity index (χ4v) is 7.77. The molecule has 0 aliphatic rings. The summed E-state index contributed by atoms with van der Waals surface area (Å²) in [6.07, 6.45) is 1.70. The third kappa shape index (κ3) is 4.77.